The number of imidazole rings is 1. The minimum Gasteiger partial charge on any atom is -0.327 e. The summed E-state index contributed by atoms with van der Waals surface area (Å²) in [5, 5.41) is 0. The van der Waals surface area contributed by atoms with E-state index in [2.05, 4.69) is 121 Å². The standard InChI is InChI=1S/C31H37N3/c1-4-5-20-34-30(21-32-31(34)29-14-10-7-11-15-29)24-33(22-26-12-8-6-9-13-26)23-27-16-18-28(19-17-27)25(2)3/h6-19,21,25H,4-5,20,22-24H2,1-3H3. The highest BCUT2D eigenvalue weighted by Crippen LogP contribution is 2.23. The molecule has 1 heterocycles. The van der Waals surface area contributed by atoms with Crippen LogP contribution in [0.1, 0.15) is 61.9 Å². The first-order valence-electron chi connectivity index (χ1n) is 12.6. The normalized spacial score (nSPS) is 11.4. The van der Waals surface area contributed by atoms with E-state index in [0.29, 0.717) is 5.92 Å². The van der Waals surface area contributed by atoms with Gasteiger partial charge in [-0.05, 0) is 29.0 Å². The summed E-state index contributed by atoms with van der Waals surface area (Å²) in [5.41, 5.74) is 6.54. The maximum Gasteiger partial charge on any atom is 0.140 e. The van der Waals surface area contributed by atoms with Gasteiger partial charge in [0.25, 0.3) is 0 Å². The number of unbranched alkanes of at least 4 members (excludes halogenated alkanes) is 1. The minimum absolute atomic E-state index is 0.554. The van der Waals surface area contributed by atoms with Gasteiger partial charge in [-0.25, -0.2) is 4.98 Å². The zero-order valence-corrected chi connectivity index (χ0v) is 20.8. The van der Waals surface area contributed by atoms with E-state index in [-0.39, 0.29) is 0 Å². The van der Waals surface area contributed by atoms with Gasteiger partial charge in [0.2, 0.25) is 0 Å². The van der Waals surface area contributed by atoms with Crippen molar-refractivity contribution in [3.63, 3.8) is 0 Å². The Morgan fingerprint density at radius 2 is 1.38 bits per heavy atom. The van der Waals surface area contributed by atoms with E-state index in [1.807, 2.05) is 0 Å². The van der Waals surface area contributed by atoms with Crippen molar-refractivity contribution in [3.05, 3.63) is 114 Å². The highest BCUT2D eigenvalue weighted by atomic mass is 15.2. The van der Waals surface area contributed by atoms with E-state index in [1.54, 1.807) is 0 Å². The lowest BCUT2D eigenvalue weighted by Crippen LogP contribution is -2.24. The van der Waals surface area contributed by atoms with Crippen LogP contribution in [0, 0.1) is 0 Å². The highest BCUT2D eigenvalue weighted by Gasteiger charge is 2.16. The van der Waals surface area contributed by atoms with Crippen LogP contribution >= 0.6 is 0 Å². The van der Waals surface area contributed by atoms with Gasteiger partial charge in [0, 0.05) is 31.7 Å². The summed E-state index contributed by atoms with van der Waals surface area (Å²) in [7, 11) is 0. The number of aromatic nitrogens is 2. The van der Waals surface area contributed by atoms with Crippen LogP contribution in [0.4, 0.5) is 0 Å². The van der Waals surface area contributed by atoms with Crippen LogP contribution in [0.3, 0.4) is 0 Å². The van der Waals surface area contributed by atoms with Crippen molar-refractivity contribution in [2.24, 2.45) is 0 Å². The quantitative estimate of drug-likeness (QED) is 0.233. The van der Waals surface area contributed by atoms with Crippen molar-refractivity contribution in [1.82, 2.24) is 14.5 Å². The van der Waals surface area contributed by atoms with Gasteiger partial charge in [-0.2, -0.15) is 0 Å². The van der Waals surface area contributed by atoms with Crippen LogP contribution in [0.5, 0.6) is 0 Å². The molecule has 0 aliphatic carbocycles. The Labute approximate surface area is 205 Å². The summed E-state index contributed by atoms with van der Waals surface area (Å²) in [4.78, 5) is 7.41. The first kappa shape index (κ1) is 24.0. The molecule has 0 N–H and O–H groups in total. The van der Waals surface area contributed by atoms with Crippen LogP contribution in [-0.4, -0.2) is 14.5 Å². The smallest absolute Gasteiger partial charge is 0.140 e. The second-order valence-electron chi connectivity index (χ2n) is 9.47. The Kier molecular flexibility index (Phi) is 8.32. The lowest BCUT2D eigenvalue weighted by molar-refractivity contribution is 0.241. The SMILES string of the molecule is CCCCn1c(CN(Cc2ccccc2)Cc2ccc(C(C)C)cc2)cnc1-c1ccccc1. The van der Waals surface area contributed by atoms with Crippen molar-refractivity contribution < 1.29 is 0 Å². The second-order valence-corrected chi connectivity index (χ2v) is 9.47. The first-order chi connectivity index (χ1) is 16.6. The van der Waals surface area contributed by atoms with Crippen molar-refractivity contribution in [1.29, 1.82) is 0 Å². The molecule has 0 aliphatic heterocycles. The molecule has 0 atom stereocenters. The third kappa shape index (κ3) is 6.24. The van der Waals surface area contributed by atoms with Crippen molar-refractivity contribution in [3.8, 4) is 11.4 Å². The molecule has 0 spiro atoms. The van der Waals surface area contributed by atoms with Crippen LogP contribution in [0.15, 0.2) is 91.1 Å². The Morgan fingerprint density at radius 3 is 2.00 bits per heavy atom. The van der Waals surface area contributed by atoms with Gasteiger partial charge in [-0.1, -0.05) is 112 Å². The van der Waals surface area contributed by atoms with Gasteiger partial charge in [0.1, 0.15) is 5.82 Å². The first-order valence-corrected chi connectivity index (χ1v) is 12.6. The van der Waals surface area contributed by atoms with Gasteiger partial charge in [0.15, 0.2) is 0 Å². The molecule has 0 saturated heterocycles. The summed E-state index contributed by atoms with van der Waals surface area (Å²) in [6.07, 6.45) is 4.40. The van der Waals surface area contributed by atoms with Gasteiger partial charge < -0.3 is 4.57 Å². The minimum atomic E-state index is 0.554. The largest absolute Gasteiger partial charge is 0.327 e. The highest BCUT2D eigenvalue weighted by molar-refractivity contribution is 5.55. The average molecular weight is 452 g/mol. The number of nitrogens with zero attached hydrogens (tertiary/aromatic N) is 3. The molecule has 3 aromatic carbocycles. The van der Waals surface area contributed by atoms with Gasteiger partial charge in [0.05, 0.1) is 11.9 Å². The van der Waals surface area contributed by atoms with E-state index >= 15 is 0 Å². The summed E-state index contributed by atoms with van der Waals surface area (Å²) < 4.78 is 2.43. The summed E-state index contributed by atoms with van der Waals surface area (Å²) in [6, 6.07) is 30.5. The molecule has 0 saturated carbocycles. The third-order valence-corrected chi connectivity index (χ3v) is 6.39. The topological polar surface area (TPSA) is 21.1 Å². The molecule has 0 amide bonds. The Bertz CT molecular complexity index is 1130. The maximum atomic E-state index is 4.87. The van der Waals surface area contributed by atoms with E-state index < -0.39 is 0 Å². The predicted molar refractivity (Wildman–Crippen MR) is 142 cm³/mol. The Morgan fingerprint density at radius 1 is 0.765 bits per heavy atom. The van der Waals surface area contributed by atoms with E-state index in [0.717, 1.165) is 38.4 Å². The van der Waals surface area contributed by atoms with E-state index in [4.69, 9.17) is 4.98 Å². The summed E-state index contributed by atoms with van der Waals surface area (Å²) in [5.74, 6) is 1.63. The van der Waals surface area contributed by atoms with Crippen LogP contribution in [0.2, 0.25) is 0 Å². The average Bonchev–Trinajstić information content (AvgIpc) is 3.26. The lowest BCUT2D eigenvalue weighted by atomic mass is 10.0. The molecule has 4 rings (SSSR count). The molecule has 34 heavy (non-hydrogen) atoms. The molecule has 0 bridgehead atoms. The van der Waals surface area contributed by atoms with E-state index in [9.17, 15) is 0 Å². The molecule has 0 unspecified atom stereocenters. The lowest BCUT2D eigenvalue weighted by Gasteiger charge is -2.24. The molecule has 4 aromatic rings. The predicted octanol–water partition coefficient (Wildman–Crippen LogP) is 7.68. The zero-order chi connectivity index (χ0) is 23.8. The molecule has 3 heteroatoms. The van der Waals surface area contributed by atoms with Gasteiger partial charge in [-0.15, -0.1) is 0 Å². The fourth-order valence-electron chi connectivity index (χ4n) is 4.43. The molecular weight excluding hydrogens is 414 g/mol. The number of rotatable bonds is 11. The molecule has 1 aromatic heterocycles. The third-order valence-electron chi connectivity index (χ3n) is 6.39. The maximum absolute atomic E-state index is 4.87. The van der Waals surface area contributed by atoms with Crippen molar-refractivity contribution in [2.75, 3.05) is 0 Å². The molecule has 3 nitrogen and oxygen atoms in total. The molecule has 176 valence electrons. The summed E-state index contributed by atoms with van der Waals surface area (Å²) >= 11 is 0. The monoisotopic (exact) mass is 451 g/mol. The van der Waals surface area contributed by atoms with Gasteiger partial charge in [-0.3, -0.25) is 4.90 Å². The van der Waals surface area contributed by atoms with Crippen LogP contribution < -0.4 is 0 Å². The summed E-state index contributed by atoms with van der Waals surface area (Å²) in [6.45, 7) is 10.4. The molecule has 0 aliphatic rings. The Hall–Kier alpha value is -3.17. The zero-order valence-electron chi connectivity index (χ0n) is 20.8. The van der Waals surface area contributed by atoms with Gasteiger partial charge >= 0.3 is 0 Å². The number of hydrogen-bond donors (Lipinski definition) is 0. The molecular formula is C31H37N3. The van der Waals surface area contributed by atoms with E-state index in [1.165, 1.54) is 34.4 Å². The number of benzene rings is 3. The van der Waals surface area contributed by atoms with Crippen LogP contribution in [0.25, 0.3) is 11.4 Å². The van der Waals surface area contributed by atoms with Crippen molar-refractivity contribution >= 4 is 0 Å². The fourth-order valence-corrected chi connectivity index (χ4v) is 4.43. The fraction of sp³-hybridized carbons (Fsp3) is 0.323. The van der Waals surface area contributed by atoms with Crippen LogP contribution in [-0.2, 0) is 26.2 Å². The molecule has 0 fully saturated rings. The Balaban J connectivity index is 1.61. The second kappa shape index (κ2) is 11.8. The molecule has 0 radical (unpaired) electrons. The number of hydrogen-bond acceptors (Lipinski definition) is 2. The van der Waals surface area contributed by atoms with Crippen molar-refractivity contribution in [2.45, 2.75) is 65.7 Å².